The van der Waals surface area contributed by atoms with E-state index < -0.39 is 12.2 Å². The van der Waals surface area contributed by atoms with E-state index in [0.717, 1.165) is 12.5 Å². The van der Waals surface area contributed by atoms with E-state index in [1.807, 2.05) is 13.8 Å². The van der Waals surface area contributed by atoms with Crippen molar-refractivity contribution < 1.29 is 13.2 Å². The van der Waals surface area contributed by atoms with Crippen molar-refractivity contribution in [3.63, 3.8) is 0 Å². The summed E-state index contributed by atoms with van der Waals surface area (Å²) in [7, 11) is 0. The molecule has 2 aromatic rings. The van der Waals surface area contributed by atoms with Gasteiger partial charge in [-0.15, -0.1) is 0 Å². The van der Waals surface area contributed by atoms with Gasteiger partial charge >= 0.3 is 6.18 Å². The summed E-state index contributed by atoms with van der Waals surface area (Å²) in [5.41, 5.74) is 1.20. The number of alkyl halides is 3. The van der Waals surface area contributed by atoms with Gasteiger partial charge < -0.3 is 4.57 Å². The summed E-state index contributed by atoms with van der Waals surface area (Å²) in [6, 6.07) is -0.135. The van der Waals surface area contributed by atoms with Crippen LogP contribution in [0.25, 0.3) is 10.9 Å². The minimum Gasteiger partial charge on any atom is -0.335 e. The van der Waals surface area contributed by atoms with Gasteiger partial charge in [-0.3, -0.25) is 0 Å². The highest BCUT2D eigenvalue weighted by molar-refractivity contribution is 6.30. The maximum absolute atomic E-state index is 12.7. The van der Waals surface area contributed by atoms with E-state index in [1.165, 1.54) is 23.0 Å². The zero-order chi connectivity index (χ0) is 14.8. The first-order valence-corrected chi connectivity index (χ1v) is 6.38. The van der Waals surface area contributed by atoms with Crippen molar-refractivity contribution >= 4 is 22.5 Å². The Balaban J connectivity index is 0.000000861. The molecule has 0 saturated carbocycles. The molecule has 0 fully saturated rings. The third kappa shape index (κ3) is 3.21. The Hall–Kier alpha value is -1.23. The largest absolute Gasteiger partial charge is 0.408 e. The summed E-state index contributed by atoms with van der Waals surface area (Å²) in [5, 5.41) is 0.872. The van der Waals surface area contributed by atoms with Crippen LogP contribution >= 0.6 is 11.6 Å². The average molecular weight is 293 g/mol. The van der Waals surface area contributed by atoms with Crippen molar-refractivity contribution in [1.29, 1.82) is 0 Å². The molecule has 0 saturated heterocycles. The molecule has 0 aliphatic carbocycles. The average Bonchev–Trinajstić information content (AvgIpc) is 2.66. The topological polar surface area (TPSA) is 17.8 Å². The van der Waals surface area contributed by atoms with Crippen LogP contribution in [0.2, 0.25) is 5.15 Å². The predicted molar refractivity (Wildman–Crippen MR) is 71.6 cm³/mol. The second-order valence-corrected chi connectivity index (χ2v) is 4.35. The van der Waals surface area contributed by atoms with Crippen LogP contribution in [-0.4, -0.2) is 15.7 Å². The highest BCUT2D eigenvalue weighted by Gasteiger charge is 2.37. The van der Waals surface area contributed by atoms with Gasteiger partial charge in [-0.1, -0.05) is 25.4 Å². The SMILES string of the molecule is CC.Cc1cn(C(C)C(F)(F)F)c2cc(Cl)ncc12. The van der Waals surface area contributed by atoms with Crippen molar-refractivity contribution in [3.8, 4) is 0 Å². The molecular formula is C13H16ClF3N2. The molecule has 0 aromatic carbocycles. The second kappa shape index (κ2) is 5.82. The van der Waals surface area contributed by atoms with Crippen LogP contribution in [0, 0.1) is 6.92 Å². The van der Waals surface area contributed by atoms with Crippen molar-refractivity contribution in [3.05, 3.63) is 29.2 Å². The molecule has 19 heavy (non-hydrogen) atoms. The van der Waals surface area contributed by atoms with Crippen molar-refractivity contribution in [2.75, 3.05) is 0 Å². The summed E-state index contributed by atoms with van der Waals surface area (Å²) >= 11 is 5.71. The molecule has 0 spiro atoms. The van der Waals surface area contributed by atoms with E-state index in [0.29, 0.717) is 10.9 Å². The lowest BCUT2D eigenvalue weighted by atomic mass is 10.2. The van der Waals surface area contributed by atoms with Gasteiger partial charge in [0.15, 0.2) is 0 Å². The summed E-state index contributed by atoms with van der Waals surface area (Å²) in [6.45, 7) is 6.87. The lowest BCUT2D eigenvalue weighted by Gasteiger charge is -2.18. The first-order valence-electron chi connectivity index (χ1n) is 6.00. The maximum Gasteiger partial charge on any atom is 0.408 e. The molecule has 106 valence electrons. The number of rotatable bonds is 1. The number of nitrogens with zero attached hydrogens (tertiary/aromatic N) is 2. The van der Waals surface area contributed by atoms with Gasteiger partial charge in [-0.25, -0.2) is 4.98 Å². The van der Waals surface area contributed by atoms with E-state index in [1.54, 1.807) is 6.92 Å². The summed E-state index contributed by atoms with van der Waals surface area (Å²) in [5.74, 6) is 0. The van der Waals surface area contributed by atoms with Gasteiger partial charge in [-0.2, -0.15) is 13.2 Å². The molecule has 0 N–H and O–H groups in total. The highest BCUT2D eigenvalue weighted by Crippen LogP contribution is 2.34. The van der Waals surface area contributed by atoms with Gasteiger partial charge in [0.05, 0.1) is 5.52 Å². The molecule has 2 aromatic heterocycles. The fourth-order valence-electron chi connectivity index (χ4n) is 1.76. The van der Waals surface area contributed by atoms with E-state index >= 15 is 0 Å². The first kappa shape index (κ1) is 15.8. The monoisotopic (exact) mass is 292 g/mol. The Kier molecular flexibility index (Phi) is 4.85. The third-order valence-corrected chi connectivity index (χ3v) is 2.98. The highest BCUT2D eigenvalue weighted by atomic mass is 35.5. The smallest absolute Gasteiger partial charge is 0.335 e. The Morgan fingerprint density at radius 3 is 2.42 bits per heavy atom. The Labute approximate surface area is 115 Å². The second-order valence-electron chi connectivity index (χ2n) is 3.96. The molecule has 1 unspecified atom stereocenters. The molecule has 2 heterocycles. The third-order valence-electron chi connectivity index (χ3n) is 2.78. The van der Waals surface area contributed by atoms with Crippen LogP contribution in [-0.2, 0) is 0 Å². The van der Waals surface area contributed by atoms with Crippen LogP contribution in [0.5, 0.6) is 0 Å². The molecule has 0 aliphatic rings. The van der Waals surface area contributed by atoms with Crippen LogP contribution in [0.3, 0.4) is 0 Å². The zero-order valence-corrected chi connectivity index (χ0v) is 12.0. The van der Waals surface area contributed by atoms with E-state index in [9.17, 15) is 13.2 Å². The number of aromatic nitrogens is 2. The molecule has 1 atom stereocenters. The standard InChI is InChI=1S/C11H10ClF3N2.C2H6/c1-6-5-17(7(2)11(13,14)15)9-3-10(12)16-4-8(6)9;1-2/h3-5,7H,1-2H3;1-2H3. The Morgan fingerprint density at radius 2 is 1.89 bits per heavy atom. The number of hydrogen-bond donors (Lipinski definition) is 0. The fraction of sp³-hybridized carbons (Fsp3) is 0.462. The Bertz CT molecular complexity index is 561. The molecular weight excluding hydrogens is 277 g/mol. The molecule has 2 nitrogen and oxygen atoms in total. The lowest BCUT2D eigenvalue weighted by Crippen LogP contribution is -2.23. The van der Waals surface area contributed by atoms with Gasteiger partial charge in [0.2, 0.25) is 0 Å². The quantitative estimate of drug-likeness (QED) is 0.665. The number of fused-ring (bicyclic) bond motifs is 1. The zero-order valence-electron chi connectivity index (χ0n) is 11.2. The summed E-state index contributed by atoms with van der Waals surface area (Å²) in [6.07, 6.45) is -1.32. The van der Waals surface area contributed by atoms with Crippen LogP contribution in [0.15, 0.2) is 18.5 Å². The summed E-state index contributed by atoms with van der Waals surface area (Å²) in [4.78, 5) is 3.87. The van der Waals surface area contributed by atoms with Crippen LogP contribution in [0.1, 0.15) is 32.4 Å². The van der Waals surface area contributed by atoms with Crippen molar-refractivity contribution in [2.45, 2.75) is 39.9 Å². The van der Waals surface area contributed by atoms with Gasteiger partial charge in [0, 0.05) is 17.8 Å². The number of hydrogen-bond acceptors (Lipinski definition) is 1. The van der Waals surface area contributed by atoms with Crippen LogP contribution in [0.4, 0.5) is 13.2 Å². The summed E-state index contributed by atoms with van der Waals surface area (Å²) < 4.78 is 39.3. The minimum atomic E-state index is -4.28. The molecule has 0 radical (unpaired) electrons. The lowest BCUT2D eigenvalue weighted by molar-refractivity contribution is -0.162. The number of aryl methyl sites for hydroxylation is 1. The van der Waals surface area contributed by atoms with Gasteiger partial charge in [0.1, 0.15) is 11.2 Å². The molecule has 0 bridgehead atoms. The maximum atomic E-state index is 12.7. The minimum absolute atomic E-state index is 0.186. The molecule has 0 amide bonds. The Morgan fingerprint density at radius 1 is 1.32 bits per heavy atom. The van der Waals surface area contributed by atoms with E-state index in [4.69, 9.17) is 11.6 Å². The predicted octanol–water partition coefficient (Wildman–Crippen LogP) is 5.15. The van der Waals surface area contributed by atoms with E-state index in [2.05, 4.69) is 4.98 Å². The van der Waals surface area contributed by atoms with Gasteiger partial charge in [0.25, 0.3) is 0 Å². The fourth-order valence-corrected chi connectivity index (χ4v) is 1.92. The van der Waals surface area contributed by atoms with Crippen molar-refractivity contribution in [1.82, 2.24) is 9.55 Å². The number of halogens is 4. The van der Waals surface area contributed by atoms with Crippen LogP contribution < -0.4 is 0 Å². The van der Waals surface area contributed by atoms with Crippen molar-refractivity contribution in [2.24, 2.45) is 0 Å². The van der Waals surface area contributed by atoms with Gasteiger partial charge in [-0.05, 0) is 25.5 Å². The molecule has 6 heteroatoms. The first-order chi connectivity index (χ1) is 8.80. The number of pyridine rings is 1. The molecule has 0 aliphatic heterocycles. The van der Waals surface area contributed by atoms with E-state index in [-0.39, 0.29) is 5.15 Å². The normalized spacial score (nSPS) is 13.1. The molecule has 2 rings (SSSR count).